The molecule has 0 spiro atoms. The molecule has 5 rings (SSSR count). The van der Waals surface area contributed by atoms with Crippen molar-refractivity contribution in [3.63, 3.8) is 0 Å². The number of morpholine rings is 1. The van der Waals surface area contributed by atoms with Crippen molar-refractivity contribution in [1.82, 2.24) is 19.7 Å². The molecular weight excluding hydrogens is 452 g/mol. The Morgan fingerprint density at radius 3 is 2.86 bits per heavy atom. The number of nitriles is 1. The number of amides is 1. The monoisotopic (exact) mass is 480 g/mol. The minimum Gasteiger partial charge on any atom is -0.378 e. The molecule has 182 valence electrons. The van der Waals surface area contributed by atoms with Gasteiger partial charge < -0.3 is 10.1 Å². The van der Waals surface area contributed by atoms with Crippen LogP contribution in [0.1, 0.15) is 53.0 Å². The molecule has 36 heavy (non-hydrogen) atoms. The summed E-state index contributed by atoms with van der Waals surface area (Å²) < 4.78 is 7.53. The molecule has 1 atom stereocenters. The molecule has 1 aliphatic rings. The van der Waals surface area contributed by atoms with Crippen LogP contribution in [0.4, 0.5) is 5.69 Å². The fourth-order valence-electron chi connectivity index (χ4n) is 4.73. The second-order valence-electron chi connectivity index (χ2n) is 9.33. The summed E-state index contributed by atoms with van der Waals surface area (Å²) >= 11 is 0. The van der Waals surface area contributed by atoms with Gasteiger partial charge in [0.15, 0.2) is 0 Å². The number of carbonyl (C=O) groups is 1. The molecule has 0 saturated carbocycles. The predicted octanol–water partition coefficient (Wildman–Crippen LogP) is 4.67. The molecule has 0 radical (unpaired) electrons. The van der Waals surface area contributed by atoms with E-state index in [1.165, 1.54) is 0 Å². The van der Waals surface area contributed by atoms with Crippen LogP contribution in [0.2, 0.25) is 0 Å². The Hall–Kier alpha value is -4.06. The first-order valence-corrected chi connectivity index (χ1v) is 12.0. The molecule has 4 aromatic rings. The second-order valence-corrected chi connectivity index (χ2v) is 9.33. The zero-order valence-electron chi connectivity index (χ0n) is 20.6. The van der Waals surface area contributed by atoms with E-state index in [9.17, 15) is 10.1 Å². The molecule has 1 amide bonds. The van der Waals surface area contributed by atoms with Crippen LogP contribution in [-0.2, 0) is 4.74 Å². The summed E-state index contributed by atoms with van der Waals surface area (Å²) in [5.41, 5.74) is 5.13. The van der Waals surface area contributed by atoms with Crippen LogP contribution in [0.3, 0.4) is 0 Å². The lowest BCUT2D eigenvalue weighted by atomic mass is 9.92. The van der Waals surface area contributed by atoms with Gasteiger partial charge in [-0.25, -0.2) is 4.68 Å². The number of aromatic nitrogens is 3. The number of nitrogens with zero attached hydrogens (tertiary/aromatic N) is 5. The summed E-state index contributed by atoms with van der Waals surface area (Å²) in [5.74, 6) is -0.201. The lowest BCUT2D eigenvalue weighted by Crippen LogP contribution is -2.37. The Morgan fingerprint density at radius 2 is 2.08 bits per heavy atom. The predicted molar refractivity (Wildman–Crippen MR) is 138 cm³/mol. The van der Waals surface area contributed by atoms with Gasteiger partial charge in [0.05, 0.1) is 54.0 Å². The largest absolute Gasteiger partial charge is 0.378 e. The van der Waals surface area contributed by atoms with Crippen LogP contribution in [0.25, 0.3) is 16.6 Å². The SMILES string of the molecule is CC(C)c1c(C#N)cccc1C(=O)Nc1ccc2cnn(-c3ccnc([C@@H]4COCCN4C)c3)c2c1. The maximum atomic E-state index is 13.2. The molecule has 0 unspecified atom stereocenters. The third-order valence-electron chi connectivity index (χ3n) is 6.62. The summed E-state index contributed by atoms with van der Waals surface area (Å²) in [6.45, 7) is 6.16. The molecule has 3 heterocycles. The van der Waals surface area contributed by atoms with Crippen LogP contribution in [0, 0.1) is 11.3 Å². The third-order valence-corrected chi connectivity index (χ3v) is 6.62. The molecule has 1 aliphatic heterocycles. The van der Waals surface area contributed by atoms with Gasteiger partial charge in [-0.05, 0) is 61.0 Å². The number of carbonyl (C=O) groups excluding carboxylic acids is 1. The van der Waals surface area contributed by atoms with E-state index in [0.29, 0.717) is 23.4 Å². The van der Waals surface area contributed by atoms with Crippen LogP contribution >= 0.6 is 0 Å². The quantitative estimate of drug-likeness (QED) is 0.446. The van der Waals surface area contributed by atoms with E-state index < -0.39 is 0 Å². The summed E-state index contributed by atoms with van der Waals surface area (Å²) in [5, 5.41) is 18.1. The van der Waals surface area contributed by atoms with E-state index in [-0.39, 0.29) is 17.9 Å². The van der Waals surface area contributed by atoms with Gasteiger partial charge in [-0.2, -0.15) is 10.4 Å². The van der Waals surface area contributed by atoms with Crippen LogP contribution in [0.15, 0.2) is 60.9 Å². The van der Waals surface area contributed by atoms with Crippen molar-refractivity contribution < 1.29 is 9.53 Å². The summed E-state index contributed by atoms with van der Waals surface area (Å²) in [7, 11) is 2.08. The number of hydrogen-bond acceptors (Lipinski definition) is 6. The van der Waals surface area contributed by atoms with E-state index in [2.05, 4.69) is 33.4 Å². The van der Waals surface area contributed by atoms with Gasteiger partial charge in [0.2, 0.25) is 0 Å². The number of likely N-dealkylation sites (N-methyl/N-ethyl adjacent to an activating group) is 1. The zero-order valence-corrected chi connectivity index (χ0v) is 20.6. The van der Waals surface area contributed by atoms with Crippen LogP contribution in [-0.4, -0.2) is 52.4 Å². The van der Waals surface area contributed by atoms with E-state index in [4.69, 9.17) is 4.74 Å². The highest BCUT2D eigenvalue weighted by Crippen LogP contribution is 2.28. The van der Waals surface area contributed by atoms with Crippen LogP contribution < -0.4 is 5.32 Å². The summed E-state index contributed by atoms with van der Waals surface area (Å²) in [4.78, 5) is 20.1. The van der Waals surface area contributed by atoms with Crippen molar-refractivity contribution in [2.45, 2.75) is 25.8 Å². The molecule has 1 N–H and O–H groups in total. The number of pyridine rings is 1. The molecular formula is C28H28N6O2. The maximum Gasteiger partial charge on any atom is 0.255 e. The van der Waals surface area contributed by atoms with Gasteiger partial charge in [0.1, 0.15) is 0 Å². The van der Waals surface area contributed by atoms with Gasteiger partial charge in [-0.3, -0.25) is 14.7 Å². The minimum atomic E-state index is -0.243. The highest BCUT2D eigenvalue weighted by molar-refractivity contribution is 6.06. The van der Waals surface area contributed by atoms with Gasteiger partial charge in [-0.1, -0.05) is 19.9 Å². The van der Waals surface area contributed by atoms with Gasteiger partial charge in [-0.15, -0.1) is 0 Å². The highest BCUT2D eigenvalue weighted by atomic mass is 16.5. The first-order chi connectivity index (χ1) is 17.5. The molecule has 0 bridgehead atoms. The van der Waals surface area contributed by atoms with Crippen molar-refractivity contribution in [1.29, 1.82) is 5.26 Å². The maximum absolute atomic E-state index is 13.2. The Bertz CT molecular complexity index is 1470. The number of rotatable bonds is 5. The molecule has 8 nitrogen and oxygen atoms in total. The second kappa shape index (κ2) is 9.90. The topological polar surface area (TPSA) is 96.1 Å². The molecule has 1 saturated heterocycles. The van der Waals surface area contributed by atoms with Crippen molar-refractivity contribution in [2.24, 2.45) is 0 Å². The van der Waals surface area contributed by atoms with Gasteiger partial charge in [0, 0.05) is 29.4 Å². The fourth-order valence-corrected chi connectivity index (χ4v) is 4.73. The highest BCUT2D eigenvalue weighted by Gasteiger charge is 2.23. The summed E-state index contributed by atoms with van der Waals surface area (Å²) in [6.07, 6.45) is 3.60. The van der Waals surface area contributed by atoms with Crippen molar-refractivity contribution in [3.8, 4) is 11.8 Å². The number of benzene rings is 2. The molecule has 2 aromatic heterocycles. The number of anilines is 1. The Labute approximate surface area is 210 Å². The van der Waals surface area contributed by atoms with Crippen molar-refractivity contribution in [2.75, 3.05) is 32.1 Å². The van der Waals surface area contributed by atoms with Crippen molar-refractivity contribution >= 4 is 22.5 Å². The number of ether oxygens (including phenoxy) is 1. The van der Waals surface area contributed by atoms with E-state index >= 15 is 0 Å². The van der Waals surface area contributed by atoms with Gasteiger partial charge >= 0.3 is 0 Å². The number of nitrogens with one attached hydrogen (secondary N) is 1. The molecule has 8 heteroatoms. The normalized spacial score (nSPS) is 16.2. The third kappa shape index (κ3) is 4.47. The van der Waals surface area contributed by atoms with E-state index in [0.717, 1.165) is 41.0 Å². The first-order valence-electron chi connectivity index (χ1n) is 12.0. The zero-order chi connectivity index (χ0) is 25.2. The lowest BCUT2D eigenvalue weighted by molar-refractivity contribution is 0.00352. The molecule has 2 aromatic carbocycles. The Kier molecular flexibility index (Phi) is 6.51. The number of hydrogen-bond donors (Lipinski definition) is 1. The Morgan fingerprint density at radius 1 is 1.22 bits per heavy atom. The van der Waals surface area contributed by atoms with E-state index in [1.807, 2.05) is 55.1 Å². The Balaban J connectivity index is 1.47. The molecule has 0 aliphatic carbocycles. The average molecular weight is 481 g/mol. The number of fused-ring (bicyclic) bond motifs is 1. The minimum absolute atomic E-state index is 0.0417. The standard InChI is InChI=1S/C28H28N6O2/c1-18(2)27-19(15-29)5-4-6-23(27)28(35)32-21-8-7-20-16-31-34(25(20)13-21)22-9-10-30-24(14-22)26-17-36-12-11-33(26)3/h4-10,13-14,16,18,26H,11-12,17H2,1-3H3,(H,32,35)/t26-/m0/s1. The summed E-state index contributed by atoms with van der Waals surface area (Å²) in [6, 6.07) is 17.2. The first kappa shape index (κ1) is 23.7. The average Bonchev–Trinajstić information content (AvgIpc) is 3.31. The lowest BCUT2D eigenvalue weighted by Gasteiger charge is -2.32. The van der Waals surface area contributed by atoms with Crippen molar-refractivity contribution in [3.05, 3.63) is 83.3 Å². The van der Waals surface area contributed by atoms with E-state index in [1.54, 1.807) is 24.4 Å². The molecule has 1 fully saturated rings. The fraction of sp³-hybridized carbons (Fsp3) is 0.286. The smallest absolute Gasteiger partial charge is 0.255 e. The van der Waals surface area contributed by atoms with Gasteiger partial charge in [0.25, 0.3) is 5.91 Å². The van der Waals surface area contributed by atoms with Crippen LogP contribution in [0.5, 0.6) is 0 Å².